The summed E-state index contributed by atoms with van der Waals surface area (Å²) >= 11 is 5.30. The molecule has 212 valence electrons. The van der Waals surface area contributed by atoms with Crippen LogP contribution in [0.3, 0.4) is 0 Å². The molecule has 0 radical (unpaired) electrons. The number of aromatic hydroxyl groups is 1. The summed E-state index contributed by atoms with van der Waals surface area (Å²) in [5, 5.41) is 26.6. The van der Waals surface area contributed by atoms with Gasteiger partial charge in [-0.25, -0.2) is 4.79 Å². The molecule has 1 aliphatic carbocycles. The molecule has 2 heterocycles. The number of aromatic carboxylic acids is 1. The maximum Gasteiger partial charge on any atom is 0.336 e. The summed E-state index contributed by atoms with van der Waals surface area (Å²) in [4.78, 5) is 60.8. The van der Waals surface area contributed by atoms with Crippen molar-refractivity contribution in [2.24, 2.45) is 0 Å². The number of nitrogens with one attached hydrogen (secondary N) is 2. The van der Waals surface area contributed by atoms with Gasteiger partial charge in [0.1, 0.15) is 22.9 Å². The molecule has 2 amide bonds. The second-order valence-corrected chi connectivity index (χ2v) is 9.87. The van der Waals surface area contributed by atoms with E-state index in [0.717, 1.165) is 17.1 Å². The minimum absolute atomic E-state index is 0.00973. The van der Waals surface area contributed by atoms with Gasteiger partial charge in [-0.1, -0.05) is 6.07 Å². The number of carbonyl (C=O) groups is 4. The summed E-state index contributed by atoms with van der Waals surface area (Å²) in [7, 11) is 0. The fraction of sp³-hybridized carbons (Fsp3) is 0.133. The molecule has 2 aliphatic heterocycles. The van der Waals surface area contributed by atoms with Crippen molar-refractivity contribution >= 4 is 57.6 Å². The maximum atomic E-state index is 12.4. The van der Waals surface area contributed by atoms with E-state index >= 15 is 0 Å². The van der Waals surface area contributed by atoms with Gasteiger partial charge in [0.05, 0.1) is 5.56 Å². The van der Waals surface area contributed by atoms with E-state index in [1.165, 1.54) is 30.3 Å². The zero-order valence-corrected chi connectivity index (χ0v) is 22.7. The molecule has 0 fully saturated rings. The molecular formula is C30H23N3O8S. The van der Waals surface area contributed by atoms with Crippen molar-refractivity contribution in [3.05, 3.63) is 82.5 Å². The number of hydrogen-bond donors (Lipinski definition) is 4. The Kier molecular flexibility index (Phi) is 7.80. The number of amides is 2. The number of thiocarbonyl (C=S) groups is 1. The average molecular weight is 586 g/mol. The van der Waals surface area contributed by atoms with Gasteiger partial charge < -0.3 is 25.3 Å². The Morgan fingerprint density at radius 3 is 2.38 bits per heavy atom. The molecule has 42 heavy (non-hydrogen) atoms. The Hall–Kier alpha value is -5.36. The number of imide groups is 1. The number of anilines is 1. The molecule has 4 N–H and O–H groups in total. The van der Waals surface area contributed by atoms with Gasteiger partial charge in [0, 0.05) is 72.4 Å². The summed E-state index contributed by atoms with van der Waals surface area (Å²) in [5.74, 6) is -2.06. The third kappa shape index (κ3) is 5.88. The predicted octanol–water partition coefficient (Wildman–Crippen LogP) is 3.53. The van der Waals surface area contributed by atoms with Gasteiger partial charge in [0.2, 0.25) is 0 Å². The molecule has 12 heteroatoms. The summed E-state index contributed by atoms with van der Waals surface area (Å²) < 4.78 is 5.85. The summed E-state index contributed by atoms with van der Waals surface area (Å²) in [6.07, 6.45) is 2.45. The molecule has 0 saturated heterocycles. The van der Waals surface area contributed by atoms with Gasteiger partial charge in [0.15, 0.2) is 10.5 Å². The van der Waals surface area contributed by atoms with Gasteiger partial charge in [0.25, 0.3) is 11.8 Å². The molecule has 0 spiro atoms. The van der Waals surface area contributed by atoms with Crippen LogP contribution in [0.1, 0.15) is 23.2 Å². The van der Waals surface area contributed by atoms with E-state index in [-0.39, 0.29) is 64.9 Å². The number of ketones is 1. The third-order valence-corrected chi connectivity index (χ3v) is 6.90. The number of phenols is 1. The first-order valence-electron chi connectivity index (χ1n) is 12.8. The highest BCUT2D eigenvalue weighted by molar-refractivity contribution is 7.80. The maximum absolute atomic E-state index is 12.4. The van der Waals surface area contributed by atoms with E-state index in [4.69, 9.17) is 16.6 Å². The lowest BCUT2D eigenvalue weighted by molar-refractivity contribution is -0.137. The Morgan fingerprint density at radius 2 is 1.64 bits per heavy atom. The number of Topliss-reactive ketones (excluding diaryl/α,β-unsaturated/α-hetero) is 1. The first kappa shape index (κ1) is 28.2. The molecule has 0 unspecified atom stereocenters. The van der Waals surface area contributed by atoms with Crippen LogP contribution in [-0.2, 0) is 14.4 Å². The van der Waals surface area contributed by atoms with E-state index in [1.54, 1.807) is 24.3 Å². The standard InChI is InChI=1S/C30H23N3O8S/c34-17(10-12-33-26(37)7-8-27(33)38)9-11-31-30(42)32-16-1-4-20(23(13-16)29(39)40)28-21-5-2-18(35)14-24(21)41-25-15-19(36)3-6-22(25)28/h1-8,13-15,35H,9-12H2,(H,39,40)(H2,31,32,42). The topological polar surface area (TPSA) is 166 Å². The summed E-state index contributed by atoms with van der Waals surface area (Å²) in [5.41, 5.74) is 1.72. The molecule has 2 aromatic carbocycles. The number of nitrogens with zero attached hydrogens (tertiary/aromatic N) is 1. The van der Waals surface area contributed by atoms with Crippen molar-refractivity contribution in [2.75, 3.05) is 18.4 Å². The normalized spacial score (nSPS) is 12.7. The van der Waals surface area contributed by atoms with Crippen molar-refractivity contribution in [2.45, 2.75) is 12.8 Å². The Balaban J connectivity index is 1.32. The molecule has 11 nitrogen and oxygen atoms in total. The molecular weight excluding hydrogens is 562 g/mol. The average Bonchev–Trinajstić information content (AvgIpc) is 3.26. The highest BCUT2D eigenvalue weighted by Gasteiger charge is 2.24. The Labute approximate surface area is 243 Å². The van der Waals surface area contributed by atoms with E-state index < -0.39 is 17.8 Å². The molecule has 5 rings (SSSR count). The van der Waals surface area contributed by atoms with Crippen molar-refractivity contribution in [1.82, 2.24) is 10.2 Å². The Bertz CT molecular complexity index is 1830. The van der Waals surface area contributed by atoms with E-state index in [0.29, 0.717) is 27.8 Å². The lowest BCUT2D eigenvalue weighted by atomic mass is 9.90. The molecule has 0 bridgehead atoms. The third-order valence-electron chi connectivity index (χ3n) is 6.66. The zero-order chi connectivity index (χ0) is 30.0. The van der Waals surface area contributed by atoms with Crippen LogP contribution >= 0.6 is 12.2 Å². The van der Waals surface area contributed by atoms with E-state index in [2.05, 4.69) is 10.6 Å². The van der Waals surface area contributed by atoms with Crippen LogP contribution < -0.4 is 16.1 Å². The molecule has 0 saturated carbocycles. The van der Waals surface area contributed by atoms with Crippen LogP contribution in [0.25, 0.3) is 33.4 Å². The molecule has 0 aromatic heterocycles. The van der Waals surface area contributed by atoms with Crippen LogP contribution in [0.2, 0.25) is 0 Å². The van der Waals surface area contributed by atoms with Crippen LogP contribution in [0.15, 0.2) is 76.0 Å². The number of benzene rings is 3. The second-order valence-electron chi connectivity index (χ2n) is 9.46. The van der Waals surface area contributed by atoms with Crippen molar-refractivity contribution in [3.8, 4) is 28.2 Å². The van der Waals surface area contributed by atoms with Crippen LogP contribution in [0.5, 0.6) is 5.75 Å². The highest BCUT2D eigenvalue weighted by atomic mass is 32.1. The van der Waals surface area contributed by atoms with Crippen LogP contribution in [0, 0.1) is 0 Å². The van der Waals surface area contributed by atoms with Crippen molar-refractivity contribution in [1.29, 1.82) is 0 Å². The molecule has 3 aliphatic rings. The van der Waals surface area contributed by atoms with Crippen molar-refractivity contribution < 1.29 is 33.8 Å². The van der Waals surface area contributed by atoms with E-state index in [9.17, 15) is 34.2 Å². The van der Waals surface area contributed by atoms with Gasteiger partial charge in [-0.05, 0) is 54.2 Å². The molecule has 0 atom stereocenters. The number of carbonyl (C=O) groups excluding carboxylic acids is 3. The Morgan fingerprint density at radius 1 is 0.905 bits per heavy atom. The van der Waals surface area contributed by atoms with Gasteiger partial charge in [-0.3, -0.25) is 24.1 Å². The van der Waals surface area contributed by atoms with Gasteiger partial charge in [-0.15, -0.1) is 0 Å². The predicted molar refractivity (Wildman–Crippen MR) is 157 cm³/mol. The largest absolute Gasteiger partial charge is 0.508 e. The molecule has 2 aromatic rings. The summed E-state index contributed by atoms with van der Waals surface area (Å²) in [6.45, 7) is 0.199. The number of hydrogen-bond acceptors (Lipinski definition) is 8. The lowest BCUT2D eigenvalue weighted by Crippen LogP contribution is -2.33. The number of carboxylic acids is 1. The highest BCUT2D eigenvalue weighted by Crippen LogP contribution is 2.42. The number of phenolic OH excluding ortho intramolecular Hbond substituents is 1. The zero-order valence-electron chi connectivity index (χ0n) is 21.9. The minimum Gasteiger partial charge on any atom is -0.508 e. The van der Waals surface area contributed by atoms with Crippen LogP contribution in [0.4, 0.5) is 5.69 Å². The summed E-state index contributed by atoms with van der Waals surface area (Å²) in [6, 6.07) is 13.4. The van der Waals surface area contributed by atoms with E-state index in [1.807, 2.05) is 0 Å². The smallest absolute Gasteiger partial charge is 0.336 e. The fourth-order valence-electron chi connectivity index (χ4n) is 4.67. The first-order chi connectivity index (χ1) is 20.1. The quantitative estimate of drug-likeness (QED) is 0.129. The SMILES string of the molecule is O=C(CCNC(=S)Nc1ccc(-c2c3ccc(=O)cc-3oc3cc(O)ccc23)c(C(=O)O)c1)CCN1C(=O)C=CC1=O. The first-order valence-corrected chi connectivity index (χ1v) is 13.2. The van der Waals surface area contributed by atoms with Crippen molar-refractivity contribution in [3.63, 3.8) is 0 Å². The minimum atomic E-state index is -1.20. The lowest BCUT2D eigenvalue weighted by Gasteiger charge is -2.18. The monoisotopic (exact) mass is 585 g/mol. The van der Waals surface area contributed by atoms with Gasteiger partial charge in [-0.2, -0.15) is 0 Å². The number of rotatable bonds is 9. The van der Waals surface area contributed by atoms with Crippen LogP contribution in [-0.4, -0.2) is 56.9 Å². The number of carboxylic acid groups (broad SMARTS) is 1. The second kappa shape index (κ2) is 11.6. The number of fused-ring (bicyclic) bond motifs is 2. The van der Waals surface area contributed by atoms with Gasteiger partial charge >= 0.3 is 5.97 Å². The fourth-order valence-corrected chi connectivity index (χ4v) is 4.89.